The number of ether oxygens (including phenoxy) is 1. The minimum Gasteiger partial charge on any atom is -0.460 e. The molecule has 202 valence electrons. The Morgan fingerprint density at radius 3 is 2.38 bits per heavy atom. The molecule has 6 atom stereocenters. The maximum absolute atomic E-state index is 13.2. The van der Waals surface area contributed by atoms with Gasteiger partial charge in [0.15, 0.2) is 0 Å². The number of benzene rings is 1. The van der Waals surface area contributed by atoms with Gasteiger partial charge in [-0.15, -0.1) is 0 Å². The van der Waals surface area contributed by atoms with E-state index >= 15 is 0 Å². The van der Waals surface area contributed by atoms with Crippen LogP contribution in [0, 0.1) is 23.2 Å². The average Bonchev–Trinajstić information content (AvgIpc) is 2.88. The Morgan fingerprint density at radius 1 is 1.03 bits per heavy atom. The van der Waals surface area contributed by atoms with Crippen molar-refractivity contribution in [3.8, 4) is 6.07 Å². The van der Waals surface area contributed by atoms with Gasteiger partial charge >= 0.3 is 5.97 Å². The minimum atomic E-state index is -1.02. The quantitative estimate of drug-likeness (QED) is 0.458. The van der Waals surface area contributed by atoms with Crippen molar-refractivity contribution in [1.82, 2.24) is 16.0 Å². The summed E-state index contributed by atoms with van der Waals surface area (Å²) in [6.45, 7) is 9.27. The molecule has 0 aromatic heterocycles. The summed E-state index contributed by atoms with van der Waals surface area (Å²) in [6, 6.07) is 6.07. The Hall–Kier alpha value is -3.41. The monoisotopic (exact) mass is 512 g/mol. The van der Waals surface area contributed by atoms with E-state index in [4.69, 9.17) is 4.74 Å². The van der Waals surface area contributed by atoms with Crippen LogP contribution in [0.4, 0.5) is 0 Å². The lowest BCUT2D eigenvalue weighted by molar-refractivity contribution is -0.158. The van der Waals surface area contributed by atoms with Gasteiger partial charge in [-0.25, -0.2) is 4.79 Å². The van der Waals surface area contributed by atoms with E-state index in [2.05, 4.69) is 28.9 Å². The van der Waals surface area contributed by atoms with Crippen molar-refractivity contribution in [3.63, 3.8) is 0 Å². The third-order valence-electron chi connectivity index (χ3n) is 7.03. The largest absolute Gasteiger partial charge is 0.460 e. The van der Waals surface area contributed by atoms with E-state index in [0.717, 1.165) is 19.3 Å². The number of hydrogen-bond donors (Lipinski definition) is 3. The zero-order valence-electron chi connectivity index (χ0n) is 22.5. The first-order valence-corrected chi connectivity index (χ1v) is 13.2. The molecule has 1 saturated heterocycles. The number of rotatable bonds is 8. The van der Waals surface area contributed by atoms with Crippen LogP contribution < -0.4 is 16.0 Å². The second-order valence-electron chi connectivity index (χ2n) is 9.99. The lowest BCUT2D eigenvalue weighted by Gasteiger charge is -2.29. The molecule has 1 heterocycles. The van der Waals surface area contributed by atoms with E-state index < -0.39 is 47.9 Å². The van der Waals surface area contributed by atoms with E-state index in [1.165, 1.54) is 6.92 Å². The first-order chi connectivity index (χ1) is 17.6. The van der Waals surface area contributed by atoms with Gasteiger partial charge in [0.25, 0.3) is 0 Å². The molecule has 1 aromatic carbocycles. The molecule has 0 saturated carbocycles. The second kappa shape index (κ2) is 14.4. The predicted octanol–water partition coefficient (Wildman–Crippen LogP) is 2.76. The topological polar surface area (TPSA) is 137 Å². The van der Waals surface area contributed by atoms with E-state index in [1.807, 2.05) is 20.8 Å². The van der Waals surface area contributed by atoms with Crippen LogP contribution in [0.1, 0.15) is 77.8 Å². The van der Waals surface area contributed by atoms with Crippen molar-refractivity contribution in [2.24, 2.45) is 11.8 Å². The maximum atomic E-state index is 13.2. The van der Waals surface area contributed by atoms with Gasteiger partial charge in [-0.1, -0.05) is 65.2 Å². The molecule has 0 radical (unpaired) electrons. The lowest BCUT2D eigenvalue weighted by atomic mass is 9.94. The number of nitrogens with zero attached hydrogens (tertiary/aromatic N) is 1. The normalized spacial score (nSPS) is 25.1. The van der Waals surface area contributed by atoms with Crippen LogP contribution in [-0.2, 0) is 30.3 Å². The van der Waals surface area contributed by atoms with E-state index in [-0.39, 0.29) is 24.7 Å². The summed E-state index contributed by atoms with van der Waals surface area (Å²) in [5.74, 6) is -2.40. The summed E-state index contributed by atoms with van der Waals surface area (Å²) in [6.07, 6.45) is 2.50. The zero-order valence-corrected chi connectivity index (χ0v) is 22.5. The number of nitriles is 1. The van der Waals surface area contributed by atoms with Gasteiger partial charge < -0.3 is 20.7 Å². The van der Waals surface area contributed by atoms with Crippen LogP contribution in [0.2, 0.25) is 0 Å². The first-order valence-electron chi connectivity index (χ1n) is 13.2. The highest BCUT2D eigenvalue weighted by atomic mass is 16.5. The smallest absolute Gasteiger partial charge is 0.329 e. The number of esters is 1. The van der Waals surface area contributed by atoms with Gasteiger partial charge in [0.2, 0.25) is 17.7 Å². The van der Waals surface area contributed by atoms with Crippen molar-refractivity contribution >= 4 is 23.7 Å². The van der Waals surface area contributed by atoms with E-state index in [1.54, 1.807) is 24.3 Å². The summed E-state index contributed by atoms with van der Waals surface area (Å²) >= 11 is 0. The van der Waals surface area contributed by atoms with E-state index in [0.29, 0.717) is 17.5 Å². The highest BCUT2D eigenvalue weighted by molar-refractivity contribution is 5.94. The molecule has 0 unspecified atom stereocenters. The molecule has 1 fully saturated rings. The molecule has 0 spiro atoms. The molecule has 9 nitrogen and oxygen atoms in total. The standard InChI is InChI=1S/C28H40N4O5/c1-6-8-11-18(4)23-15-24(33)31-22(14-20-12-9-10-13-21(20)16-29)27(35)30-19(5)26(34)32-25(17(3)7-2)28(36)37-23/h9-10,12-13,17-19,22-23,25H,6-8,11,14-15H2,1-5H3,(H,30,35)(H,31,33)(H,32,34)/t17-,18-,19-,22-,23+,25+/m0/s1. The van der Waals surface area contributed by atoms with Crippen molar-refractivity contribution in [2.75, 3.05) is 0 Å². The van der Waals surface area contributed by atoms with E-state index in [9.17, 15) is 24.4 Å². The number of carbonyl (C=O) groups is 4. The van der Waals surface area contributed by atoms with Crippen LogP contribution in [0.25, 0.3) is 0 Å². The summed E-state index contributed by atoms with van der Waals surface area (Å²) in [7, 11) is 0. The fourth-order valence-electron chi connectivity index (χ4n) is 4.29. The Morgan fingerprint density at radius 2 is 1.73 bits per heavy atom. The molecule has 3 N–H and O–H groups in total. The predicted molar refractivity (Wildman–Crippen MR) is 139 cm³/mol. The van der Waals surface area contributed by atoms with Crippen molar-refractivity contribution < 1.29 is 23.9 Å². The van der Waals surface area contributed by atoms with Crippen LogP contribution in [0.15, 0.2) is 24.3 Å². The van der Waals surface area contributed by atoms with Gasteiger partial charge in [0.05, 0.1) is 18.1 Å². The zero-order chi connectivity index (χ0) is 27.5. The SMILES string of the molecule is CCCC[C@H](C)[C@H]1CC(=O)N[C@@H](Cc2ccccc2C#N)C(=O)N[C@@H](C)C(=O)N[C@H]([C@@H](C)CC)C(=O)O1. The summed E-state index contributed by atoms with van der Waals surface area (Å²) < 4.78 is 5.87. The summed E-state index contributed by atoms with van der Waals surface area (Å²) in [5, 5.41) is 17.6. The van der Waals surface area contributed by atoms with Crippen LogP contribution in [-0.4, -0.2) is 47.9 Å². The van der Waals surface area contributed by atoms with Gasteiger partial charge in [0, 0.05) is 6.42 Å². The lowest BCUT2D eigenvalue weighted by Crippen LogP contribution is -2.55. The second-order valence-corrected chi connectivity index (χ2v) is 9.99. The summed E-state index contributed by atoms with van der Waals surface area (Å²) in [4.78, 5) is 52.6. The van der Waals surface area contributed by atoms with Crippen molar-refractivity contribution in [2.45, 2.75) is 97.4 Å². The molecule has 0 aliphatic carbocycles. The van der Waals surface area contributed by atoms with Crippen LogP contribution >= 0.6 is 0 Å². The number of nitrogens with one attached hydrogen (secondary N) is 3. The number of carbonyl (C=O) groups excluding carboxylic acids is 4. The Kier molecular flexibility index (Phi) is 11.6. The number of cyclic esters (lactones) is 1. The Balaban J connectivity index is 2.42. The van der Waals surface area contributed by atoms with Gasteiger partial charge in [-0.3, -0.25) is 14.4 Å². The molecular weight excluding hydrogens is 472 g/mol. The average molecular weight is 513 g/mol. The number of amides is 3. The molecule has 0 bridgehead atoms. The molecule has 1 aliphatic rings. The van der Waals surface area contributed by atoms with Crippen LogP contribution in [0.3, 0.4) is 0 Å². The Bertz CT molecular complexity index is 1000. The maximum Gasteiger partial charge on any atom is 0.329 e. The fourth-order valence-corrected chi connectivity index (χ4v) is 4.29. The van der Waals surface area contributed by atoms with Gasteiger partial charge in [-0.2, -0.15) is 5.26 Å². The molecule has 37 heavy (non-hydrogen) atoms. The minimum absolute atomic E-state index is 0.0704. The summed E-state index contributed by atoms with van der Waals surface area (Å²) in [5.41, 5.74) is 0.998. The number of hydrogen-bond acceptors (Lipinski definition) is 6. The third-order valence-corrected chi connectivity index (χ3v) is 7.03. The highest BCUT2D eigenvalue weighted by Gasteiger charge is 2.35. The molecule has 9 heteroatoms. The van der Waals surface area contributed by atoms with Crippen molar-refractivity contribution in [1.29, 1.82) is 5.26 Å². The molecular formula is C28H40N4O5. The van der Waals surface area contributed by atoms with Gasteiger partial charge in [-0.05, 0) is 36.8 Å². The molecule has 1 aromatic rings. The Labute approximate surface area is 219 Å². The fraction of sp³-hybridized carbons (Fsp3) is 0.607. The van der Waals surface area contributed by atoms with Crippen LogP contribution in [0.5, 0.6) is 0 Å². The molecule has 1 aliphatic heterocycles. The molecule has 3 amide bonds. The molecule has 2 rings (SSSR count). The first kappa shape index (κ1) is 29.8. The highest BCUT2D eigenvalue weighted by Crippen LogP contribution is 2.21. The van der Waals surface area contributed by atoms with Crippen molar-refractivity contribution in [3.05, 3.63) is 35.4 Å². The number of unbranched alkanes of at least 4 members (excludes halogenated alkanes) is 1. The van der Waals surface area contributed by atoms with Gasteiger partial charge in [0.1, 0.15) is 24.2 Å². The third kappa shape index (κ3) is 8.59.